The highest BCUT2D eigenvalue weighted by atomic mass is 32.1. The normalized spacial score (nSPS) is 14.5. The lowest BCUT2D eigenvalue weighted by atomic mass is 10.0. The Morgan fingerprint density at radius 3 is 2.53 bits per heavy atom. The van der Waals surface area contributed by atoms with E-state index >= 15 is 0 Å². The van der Waals surface area contributed by atoms with E-state index in [9.17, 15) is 10.2 Å². The molecule has 3 nitrogen and oxygen atoms in total. The maximum Gasteiger partial charge on any atom is 0.105 e. The number of aryl methyl sites for hydroxylation is 1. The Kier molecular flexibility index (Phi) is 3.89. The van der Waals surface area contributed by atoms with Gasteiger partial charge in [0.05, 0.1) is 11.1 Å². The molecule has 2 N–H and O–H groups in total. The van der Waals surface area contributed by atoms with Crippen LogP contribution in [0.25, 0.3) is 0 Å². The third kappa shape index (κ3) is 3.12. The minimum atomic E-state index is -0.861. The minimum Gasteiger partial charge on any atom is -0.390 e. The van der Waals surface area contributed by atoms with Gasteiger partial charge in [0, 0.05) is 17.5 Å². The van der Waals surface area contributed by atoms with Crippen molar-refractivity contribution in [2.45, 2.75) is 25.6 Å². The molecule has 1 aromatic carbocycles. The first-order valence-corrected chi connectivity index (χ1v) is 6.37. The second-order valence-corrected chi connectivity index (χ2v) is 4.95. The number of nitrogens with zero attached hydrogens (tertiary/aromatic N) is 1. The van der Waals surface area contributed by atoms with Crippen molar-refractivity contribution < 1.29 is 10.2 Å². The second-order valence-electron chi connectivity index (χ2n) is 4.01. The lowest BCUT2D eigenvalue weighted by Gasteiger charge is -2.16. The van der Waals surface area contributed by atoms with E-state index in [1.807, 2.05) is 30.5 Å². The number of benzene rings is 1. The molecule has 0 aliphatic heterocycles. The quantitative estimate of drug-likeness (QED) is 0.872. The van der Waals surface area contributed by atoms with Gasteiger partial charge in [0.25, 0.3) is 0 Å². The Labute approximate surface area is 104 Å². The predicted molar refractivity (Wildman–Crippen MR) is 68.0 cm³/mol. The van der Waals surface area contributed by atoms with Crippen molar-refractivity contribution in [1.82, 2.24) is 4.98 Å². The van der Waals surface area contributed by atoms with Gasteiger partial charge < -0.3 is 10.2 Å². The van der Waals surface area contributed by atoms with Crippen molar-refractivity contribution in [3.63, 3.8) is 0 Å². The fourth-order valence-electron chi connectivity index (χ4n) is 1.66. The van der Waals surface area contributed by atoms with Gasteiger partial charge in [-0.3, -0.25) is 0 Å². The summed E-state index contributed by atoms with van der Waals surface area (Å²) >= 11 is 1.51. The monoisotopic (exact) mass is 249 g/mol. The van der Waals surface area contributed by atoms with Crippen LogP contribution in [0.4, 0.5) is 0 Å². The van der Waals surface area contributed by atoms with E-state index < -0.39 is 12.2 Å². The molecular formula is C13H15NO2S. The molecule has 0 bridgehead atoms. The Hall–Kier alpha value is -1.23. The zero-order chi connectivity index (χ0) is 12.3. The van der Waals surface area contributed by atoms with Crippen LogP contribution in [-0.2, 0) is 6.42 Å². The summed E-state index contributed by atoms with van der Waals surface area (Å²) in [6.45, 7) is 1.92. The third-order valence-corrected chi connectivity index (χ3v) is 3.54. The summed E-state index contributed by atoms with van der Waals surface area (Å²) in [4.78, 5) is 4.27. The summed E-state index contributed by atoms with van der Waals surface area (Å²) in [6.07, 6.45) is -1.29. The number of aliphatic hydroxyl groups excluding tert-OH is 2. The molecule has 0 aliphatic carbocycles. The van der Waals surface area contributed by atoms with Gasteiger partial charge in [0.2, 0.25) is 0 Å². The molecule has 0 radical (unpaired) electrons. The van der Waals surface area contributed by atoms with Gasteiger partial charge in [-0.05, 0) is 12.5 Å². The van der Waals surface area contributed by atoms with Crippen LogP contribution in [0.1, 0.15) is 22.4 Å². The molecule has 90 valence electrons. The van der Waals surface area contributed by atoms with Gasteiger partial charge in [-0.25, -0.2) is 4.98 Å². The molecular weight excluding hydrogens is 234 g/mol. The third-order valence-electron chi connectivity index (χ3n) is 2.56. The summed E-state index contributed by atoms with van der Waals surface area (Å²) in [5.74, 6) is 0. The summed E-state index contributed by atoms with van der Waals surface area (Å²) in [7, 11) is 0. The van der Waals surface area contributed by atoms with Crippen LogP contribution < -0.4 is 0 Å². The van der Waals surface area contributed by atoms with Crippen LogP contribution >= 0.6 is 11.3 Å². The summed E-state index contributed by atoms with van der Waals surface area (Å²) in [6, 6.07) is 9.19. The number of thiazole rings is 1. The SMILES string of the molecule is Cc1csc(CC(O)C(O)c2ccccc2)n1. The maximum atomic E-state index is 9.98. The Bertz CT molecular complexity index is 469. The fourth-order valence-corrected chi connectivity index (χ4v) is 2.48. The minimum absolute atomic E-state index is 0.383. The standard InChI is InChI=1S/C13H15NO2S/c1-9-8-17-12(14-9)7-11(15)13(16)10-5-3-2-4-6-10/h2-6,8,11,13,15-16H,7H2,1H3. The first kappa shape index (κ1) is 12.2. The fraction of sp³-hybridized carbons (Fsp3) is 0.308. The highest BCUT2D eigenvalue weighted by Crippen LogP contribution is 2.20. The molecule has 17 heavy (non-hydrogen) atoms. The molecule has 1 aromatic heterocycles. The van der Waals surface area contributed by atoms with Crippen molar-refractivity contribution >= 4 is 11.3 Å². The average Bonchev–Trinajstić information content (AvgIpc) is 2.75. The molecule has 2 atom stereocenters. The summed E-state index contributed by atoms with van der Waals surface area (Å²) < 4.78 is 0. The molecule has 2 aromatic rings. The molecule has 2 unspecified atom stereocenters. The van der Waals surface area contributed by atoms with Crippen LogP contribution in [0.5, 0.6) is 0 Å². The molecule has 0 saturated carbocycles. The van der Waals surface area contributed by atoms with Crippen molar-refractivity contribution in [3.8, 4) is 0 Å². The molecule has 4 heteroatoms. The average molecular weight is 249 g/mol. The highest BCUT2D eigenvalue weighted by molar-refractivity contribution is 7.09. The number of rotatable bonds is 4. The van der Waals surface area contributed by atoms with E-state index in [4.69, 9.17) is 0 Å². The van der Waals surface area contributed by atoms with Gasteiger partial charge in [0.15, 0.2) is 0 Å². The number of hydrogen-bond acceptors (Lipinski definition) is 4. The van der Waals surface area contributed by atoms with Crippen LogP contribution in [-0.4, -0.2) is 21.3 Å². The molecule has 2 rings (SSSR count). The Morgan fingerprint density at radius 1 is 1.24 bits per heavy atom. The molecule has 0 saturated heterocycles. The lowest BCUT2D eigenvalue weighted by Crippen LogP contribution is -2.20. The van der Waals surface area contributed by atoms with Crippen molar-refractivity contribution in [3.05, 3.63) is 52.0 Å². The van der Waals surface area contributed by atoms with Crippen LogP contribution in [0.2, 0.25) is 0 Å². The lowest BCUT2D eigenvalue weighted by molar-refractivity contribution is 0.0189. The molecule has 0 aliphatic rings. The van der Waals surface area contributed by atoms with Gasteiger partial charge in [-0.1, -0.05) is 30.3 Å². The van der Waals surface area contributed by atoms with Gasteiger partial charge in [-0.15, -0.1) is 11.3 Å². The second kappa shape index (κ2) is 5.40. The summed E-state index contributed by atoms with van der Waals surface area (Å²) in [5.41, 5.74) is 1.68. The zero-order valence-electron chi connectivity index (χ0n) is 9.58. The van der Waals surface area contributed by atoms with Crippen molar-refractivity contribution in [2.24, 2.45) is 0 Å². The van der Waals surface area contributed by atoms with E-state index in [-0.39, 0.29) is 0 Å². The van der Waals surface area contributed by atoms with Crippen LogP contribution in [0.3, 0.4) is 0 Å². The van der Waals surface area contributed by atoms with E-state index in [0.29, 0.717) is 6.42 Å². The van der Waals surface area contributed by atoms with E-state index in [0.717, 1.165) is 16.3 Å². The van der Waals surface area contributed by atoms with Gasteiger partial charge >= 0.3 is 0 Å². The van der Waals surface area contributed by atoms with Gasteiger partial charge in [0.1, 0.15) is 6.10 Å². The largest absolute Gasteiger partial charge is 0.390 e. The zero-order valence-corrected chi connectivity index (χ0v) is 10.4. The van der Waals surface area contributed by atoms with E-state index in [1.165, 1.54) is 11.3 Å². The smallest absolute Gasteiger partial charge is 0.105 e. The number of aromatic nitrogens is 1. The van der Waals surface area contributed by atoms with Crippen molar-refractivity contribution in [2.75, 3.05) is 0 Å². The molecule has 1 heterocycles. The Morgan fingerprint density at radius 2 is 1.94 bits per heavy atom. The van der Waals surface area contributed by atoms with Crippen LogP contribution in [0.15, 0.2) is 35.7 Å². The number of aliphatic hydroxyl groups is 2. The number of hydrogen-bond donors (Lipinski definition) is 2. The van der Waals surface area contributed by atoms with Crippen LogP contribution in [0, 0.1) is 6.92 Å². The maximum absolute atomic E-state index is 9.98. The molecule has 0 amide bonds. The topological polar surface area (TPSA) is 53.4 Å². The van der Waals surface area contributed by atoms with E-state index in [2.05, 4.69) is 4.98 Å². The van der Waals surface area contributed by atoms with Gasteiger partial charge in [-0.2, -0.15) is 0 Å². The highest BCUT2D eigenvalue weighted by Gasteiger charge is 2.19. The first-order valence-electron chi connectivity index (χ1n) is 5.49. The summed E-state index contributed by atoms with van der Waals surface area (Å²) in [5, 5.41) is 22.7. The molecule has 0 fully saturated rings. The Balaban J connectivity index is 2.03. The van der Waals surface area contributed by atoms with Crippen molar-refractivity contribution in [1.29, 1.82) is 0 Å². The first-order chi connectivity index (χ1) is 8.16. The molecule has 0 spiro atoms. The van der Waals surface area contributed by atoms with E-state index in [1.54, 1.807) is 12.1 Å². The predicted octanol–water partition coefficient (Wildman–Crippen LogP) is 2.09.